The molecule has 5 heteroatoms. The van der Waals surface area contributed by atoms with E-state index in [0.29, 0.717) is 5.95 Å². The SMILES string of the molecule is CN(C)CCCNc1nnc2ccccc2n1. The van der Waals surface area contributed by atoms with Crippen molar-refractivity contribution in [3.63, 3.8) is 0 Å². The van der Waals surface area contributed by atoms with Crippen molar-refractivity contribution >= 4 is 17.0 Å². The van der Waals surface area contributed by atoms with Gasteiger partial charge >= 0.3 is 0 Å². The number of aromatic nitrogens is 3. The van der Waals surface area contributed by atoms with Gasteiger partial charge in [-0.2, -0.15) is 0 Å². The Hall–Kier alpha value is -1.75. The van der Waals surface area contributed by atoms with E-state index in [2.05, 4.69) is 39.5 Å². The number of benzene rings is 1. The molecule has 2 rings (SSSR count). The van der Waals surface area contributed by atoms with Crippen molar-refractivity contribution in [1.82, 2.24) is 20.1 Å². The first-order chi connectivity index (χ1) is 8.25. The molecule has 0 atom stereocenters. The summed E-state index contributed by atoms with van der Waals surface area (Å²) in [6.45, 7) is 1.91. The molecule has 1 heterocycles. The van der Waals surface area contributed by atoms with Crippen LogP contribution in [0.25, 0.3) is 11.0 Å². The Kier molecular flexibility index (Phi) is 3.82. The summed E-state index contributed by atoms with van der Waals surface area (Å²) in [6.07, 6.45) is 1.06. The predicted molar refractivity (Wildman–Crippen MR) is 69.0 cm³/mol. The lowest BCUT2D eigenvalue weighted by atomic mass is 10.3. The molecule has 0 saturated carbocycles. The Morgan fingerprint density at radius 1 is 1.12 bits per heavy atom. The average molecular weight is 231 g/mol. The van der Waals surface area contributed by atoms with Crippen molar-refractivity contribution in [1.29, 1.82) is 0 Å². The van der Waals surface area contributed by atoms with Gasteiger partial charge in [-0.05, 0) is 39.2 Å². The van der Waals surface area contributed by atoms with Crippen LogP contribution in [0.1, 0.15) is 6.42 Å². The third-order valence-corrected chi connectivity index (χ3v) is 2.43. The molecule has 0 saturated heterocycles. The Morgan fingerprint density at radius 2 is 1.88 bits per heavy atom. The molecule has 1 aromatic carbocycles. The van der Waals surface area contributed by atoms with Gasteiger partial charge in [0.2, 0.25) is 5.95 Å². The van der Waals surface area contributed by atoms with Gasteiger partial charge in [0.1, 0.15) is 5.52 Å². The van der Waals surface area contributed by atoms with Gasteiger partial charge in [0.25, 0.3) is 0 Å². The molecule has 90 valence electrons. The maximum atomic E-state index is 4.39. The van der Waals surface area contributed by atoms with E-state index in [4.69, 9.17) is 0 Å². The number of anilines is 1. The van der Waals surface area contributed by atoms with Crippen LogP contribution in [-0.4, -0.2) is 47.3 Å². The first-order valence-electron chi connectivity index (χ1n) is 5.74. The monoisotopic (exact) mass is 231 g/mol. The third kappa shape index (κ3) is 3.35. The third-order valence-electron chi connectivity index (χ3n) is 2.43. The van der Waals surface area contributed by atoms with Gasteiger partial charge in [0.15, 0.2) is 0 Å². The van der Waals surface area contributed by atoms with E-state index >= 15 is 0 Å². The summed E-state index contributed by atoms with van der Waals surface area (Å²) >= 11 is 0. The molecule has 0 aliphatic carbocycles. The van der Waals surface area contributed by atoms with E-state index in [-0.39, 0.29) is 0 Å². The second-order valence-electron chi connectivity index (χ2n) is 4.21. The number of rotatable bonds is 5. The summed E-state index contributed by atoms with van der Waals surface area (Å²) in [6, 6.07) is 7.73. The highest BCUT2D eigenvalue weighted by molar-refractivity contribution is 5.73. The number of para-hydroxylation sites is 1. The van der Waals surface area contributed by atoms with Crippen molar-refractivity contribution in [2.24, 2.45) is 0 Å². The second-order valence-corrected chi connectivity index (χ2v) is 4.21. The van der Waals surface area contributed by atoms with Crippen LogP contribution in [0.4, 0.5) is 5.95 Å². The van der Waals surface area contributed by atoms with Crippen LogP contribution in [0, 0.1) is 0 Å². The van der Waals surface area contributed by atoms with Crippen molar-refractivity contribution in [2.75, 3.05) is 32.5 Å². The second kappa shape index (κ2) is 5.54. The topological polar surface area (TPSA) is 53.9 Å². The fourth-order valence-corrected chi connectivity index (χ4v) is 1.55. The molecule has 17 heavy (non-hydrogen) atoms. The minimum absolute atomic E-state index is 0.599. The molecular weight excluding hydrogens is 214 g/mol. The van der Waals surface area contributed by atoms with E-state index in [1.807, 2.05) is 24.3 Å². The molecule has 2 aromatic rings. The Balaban J connectivity index is 1.95. The van der Waals surface area contributed by atoms with Gasteiger partial charge in [0, 0.05) is 6.54 Å². The first kappa shape index (κ1) is 11.7. The van der Waals surface area contributed by atoms with Crippen LogP contribution in [0.15, 0.2) is 24.3 Å². The minimum atomic E-state index is 0.599. The minimum Gasteiger partial charge on any atom is -0.353 e. The van der Waals surface area contributed by atoms with E-state index in [1.54, 1.807) is 0 Å². The molecule has 5 nitrogen and oxygen atoms in total. The van der Waals surface area contributed by atoms with Gasteiger partial charge in [-0.1, -0.05) is 12.1 Å². The summed E-state index contributed by atoms with van der Waals surface area (Å²) in [4.78, 5) is 6.55. The molecule has 0 radical (unpaired) electrons. The molecule has 0 spiro atoms. The summed E-state index contributed by atoms with van der Waals surface area (Å²) in [5.74, 6) is 0.599. The molecule has 0 fully saturated rings. The molecule has 0 aliphatic rings. The fraction of sp³-hybridized carbons (Fsp3) is 0.417. The van der Waals surface area contributed by atoms with Crippen LogP contribution in [0.5, 0.6) is 0 Å². The standard InChI is InChI=1S/C12H17N5/c1-17(2)9-5-8-13-12-14-10-6-3-4-7-11(10)15-16-12/h3-4,6-7H,5,8-9H2,1-2H3,(H,13,14,16). The Labute approximate surface area is 101 Å². The first-order valence-corrected chi connectivity index (χ1v) is 5.74. The van der Waals surface area contributed by atoms with Crippen LogP contribution in [0.3, 0.4) is 0 Å². The Morgan fingerprint density at radius 3 is 2.65 bits per heavy atom. The largest absolute Gasteiger partial charge is 0.353 e. The quantitative estimate of drug-likeness (QED) is 0.788. The van der Waals surface area contributed by atoms with Crippen LogP contribution in [0.2, 0.25) is 0 Å². The number of fused-ring (bicyclic) bond motifs is 1. The van der Waals surface area contributed by atoms with Crippen molar-refractivity contribution in [3.8, 4) is 0 Å². The highest BCUT2D eigenvalue weighted by Crippen LogP contribution is 2.08. The van der Waals surface area contributed by atoms with Gasteiger partial charge in [0.05, 0.1) is 5.52 Å². The molecule has 1 aromatic heterocycles. The number of nitrogens with zero attached hydrogens (tertiary/aromatic N) is 4. The summed E-state index contributed by atoms with van der Waals surface area (Å²) in [5, 5.41) is 11.3. The van der Waals surface area contributed by atoms with Crippen molar-refractivity contribution in [2.45, 2.75) is 6.42 Å². The lowest BCUT2D eigenvalue weighted by Gasteiger charge is -2.09. The van der Waals surface area contributed by atoms with E-state index < -0.39 is 0 Å². The fourth-order valence-electron chi connectivity index (χ4n) is 1.55. The van der Waals surface area contributed by atoms with Crippen LogP contribution in [-0.2, 0) is 0 Å². The van der Waals surface area contributed by atoms with Crippen LogP contribution < -0.4 is 5.32 Å². The van der Waals surface area contributed by atoms with E-state index in [0.717, 1.165) is 30.5 Å². The van der Waals surface area contributed by atoms with E-state index in [9.17, 15) is 0 Å². The zero-order valence-electron chi connectivity index (χ0n) is 10.2. The number of nitrogens with one attached hydrogen (secondary N) is 1. The predicted octanol–water partition coefficient (Wildman–Crippen LogP) is 1.39. The summed E-state index contributed by atoms with van der Waals surface area (Å²) in [5.41, 5.74) is 1.70. The Bertz CT molecular complexity index is 483. The maximum Gasteiger partial charge on any atom is 0.243 e. The molecular formula is C12H17N5. The van der Waals surface area contributed by atoms with Gasteiger partial charge in [-0.15, -0.1) is 10.2 Å². The molecule has 0 aliphatic heterocycles. The molecule has 0 amide bonds. The summed E-state index contributed by atoms with van der Waals surface area (Å²) in [7, 11) is 4.13. The van der Waals surface area contributed by atoms with Gasteiger partial charge in [-0.25, -0.2) is 4.98 Å². The zero-order valence-corrected chi connectivity index (χ0v) is 10.2. The maximum absolute atomic E-state index is 4.39. The average Bonchev–Trinajstić information content (AvgIpc) is 2.34. The van der Waals surface area contributed by atoms with Gasteiger partial charge in [-0.3, -0.25) is 0 Å². The lowest BCUT2D eigenvalue weighted by molar-refractivity contribution is 0.405. The normalized spacial score (nSPS) is 11.0. The molecule has 1 N–H and O–H groups in total. The lowest BCUT2D eigenvalue weighted by Crippen LogP contribution is -2.17. The molecule has 0 bridgehead atoms. The van der Waals surface area contributed by atoms with Crippen molar-refractivity contribution in [3.05, 3.63) is 24.3 Å². The number of hydrogen-bond acceptors (Lipinski definition) is 5. The van der Waals surface area contributed by atoms with Crippen LogP contribution >= 0.6 is 0 Å². The number of hydrogen-bond donors (Lipinski definition) is 1. The highest BCUT2D eigenvalue weighted by atomic mass is 15.2. The zero-order chi connectivity index (χ0) is 12.1. The van der Waals surface area contributed by atoms with E-state index in [1.165, 1.54) is 0 Å². The van der Waals surface area contributed by atoms with Gasteiger partial charge < -0.3 is 10.2 Å². The smallest absolute Gasteiger partial charge is 0.243 e. The highest BCUT2D eigenvalue weighted by Gasteiger charge is 1.99. The molecule has 0 unspecified atom stereocenters. The van der Waals surface area contributed by atoms with Crippen molar-refractivity contribution < 1.29 is 0 Å². The summed E-state index contributed by atoms with van der Waals surface area (Å²) < 4.78 is 0.